The van der Waals surface area contributed by atoms with Gasteiger partial charge in [-0.3, -0.25) is 0 Å². The van der Waals surface area contributed by atoms with E-state index < -0.39 is 0 Å². The van der Waals surface area contributed by atoms with Crippen LogP contribution < -0.4 is 10.5 Å². The lowest BCUT2D eigenvalue weighted by molar-refractivity contribution is 0.543. The maximum absolute atomic E-state index is 12.5. The van der Waals surface area contributed by atoms with Gasteiger partial charge in [-0.05, 0) is 43.4 Å². The van der Waals surface area contributed by atoms with Crippen molar-refractivity contribution in [3.63, 3.8) is 0 Å². The molecule has 0 saturated carbocycles. The van der Waals surface area contributed by atoms with Crippen molar-refractivity contribution in [1.82, 2.24) is 0 Å². The van der Waals surface area contributed by atoms with Gasteiger partial charge in [0.2, 0.25) is 0 Å². The lowest BCUT2D eigenvalue weighted by Gasteiger charge is -2.37. The van der Waals surface area contributed by atoms with Crippen LogP contribution in [0, 0.1) is 0 Å². The Balaban J connectivity index is 1.75. The SMILES string of the molecule is O=c1oc2c3c4c(cc2cc1C1SCCS1)CCCN4CCC3. The predicted molar refractivity (Wildman–Crippen MR) is 99.0 cm³/mol. The number of anilines is 1. The van der Waals surface area contributed by atoms with Crippen LogP contribution in [0.3, 0.4) is 0 Å². The highest BCUT2D eigenvalue weighted by atomic mass is 32.2. The van der Waals surface area contributed by atoms with Crippen LogP contribution in [0.5, 0.6) is 0 Å². The second kappa shape index (κ2) is 5.49. The zero-order valence-corrected chi connectivity index (χ0v) is 14.6. The number of aryl methyl sites for hydroxylation is 2. The number of hydrogen-bond donors (Lipinski definition) is 0. The largest absolute Gasteiger partial charge is 0.422 e. The molecule has 5 heteroatoms. The molecule has 4 heterocycles. The summed E-state index contributed by atoms with van der Waals surface area (Å²) in [4.78, 5) is 15.0. The minimum absolute atomic E-state index is 0.131. The monoisotopic (exact) mass is 345 g/mol. The summed E-state index contributed by atoms with van der Waals surface area (Å²) in [6.07, 6.45) is 4.57. The van der Waals surface area contributed by atoms with Gasteiger partial charge in [-0.2, -0.15) is 0 Å². The first-order valence-electron chi connectivity index (χ1n) is 8.42. The Bertz CT molecular complexity index is 837. The number of benzene rings is 1. The first kappa shape index (κ1) is 14.3. The molecule has 0 spiro atoms. The van der Waals surface area contributed by atoms with Crippen LogP contribution in [0.25, 0.3) is 11.0 Å². The van der Waals surface area contributed by atoms with Crippen LogP contribution >= 0.6 is 23.5 Å². The van der Waals surface area contributed by atoms with Crippen molar-refractivity contribution in [2.24, 2.45) is 0 Å². The fourth-order valence-electron chi connectivity index (χ4n) is 4.16. The van der Waals surface area contributed by atoms with Gasteiger partial charge in [0.05, 0.1) is 10.1 Å². The predicted octanol–water partition coefficient (Wildman–Crippen LogP) is 3.97. The summed E-state index contributed by atoms with van der Waals surface area (Å²) in [5, 5.41) is 1.13. The molecule has 1 saturated heterocycles. The van der Waals surface area contributed by atoms with E-state index in [0.717, 1.165) is 60.4 Å². The number of hydrogen-bond acceptors (Lipinski definition) is 5. The van der Waals surface area contributed by atoms with Crippen molar-refractivity contribution < 1.29 is 4.42 Å². The van der Waals surface area contributed by atoms with Gasteiger partial charge in [0.1, 0.15) is 5.58 Å². The molecule has 0 atom stereocenters. The van der Waals surface area contributed by atoms with Gasteiger partial charge in [0.15, 0.2) is 0 Å². The van der Waals surface area contributed by atoms with E-state index in [1.165, 1.54) is 23.2 Å². The van der Waals surface area contributed by atoms with Crippen LogP contribution in [0.2, 0.25) is 0 Å². The number of thioether (sulfide) groups is 2. The highest BCUT2D eigenvalue weighted by Crippen LogP contribution is 2.45. The summed E-state index contributed by atoms with van der Waals surface area (Å²) < 4.78 is 6.12. The standard InChI is InChI=1S/C18H19NO2S2/c20-17-14(18-22-7-8-23-18)10-12-9-11-3-1-5-19-6-2-4-13(15(11)19)16(12)21-17/h9-10,18H,1-8H2. The third-order valence-electron chi connectivity index (χ3n) is 5.12. The van der Waals surface area contributed by atoms with Crippen molar-refractivity contribution in [1.29, 1.82) is 0 Å². The van der Waals surface area contributed by atoms with Crippen LogP contribution in [0.1, 0.15) is 34.1 Å². The summed E-state index contributed by atoms with van der Waals surface area (Å²) in [5.74, 6) is 2.24. The summed E-state index contributed by atoms with van der Waals surface area (Å²) in [7, 11) is 0. The zero-order chi connectivity index (χ0) is 15.4. The molecule has 1 aromatic carbocycles. The summed E-state index contributed by atoms with van der Waals surface area (Å²) >= 11 is 3.73. The van der Waals surface area contributed by atoms with E-state index in [0.29, 0.717) is 0 Å². The van der Waals surface area contributed by atoms with E-state index in [9.17, 15) is 4.79 Å². The van der Waals surface area contributed by atoms with Crippen molar-refractivity contribution in [2.45, 2.75) is 30.3 Å². The molecule has 1 aromatic heterocycles. The van der Waals surface area contributed by atoms with Gasteiger partial charge < -0.3 is 9.32 Å². The number of fused-ring (bicyclic) bond motifs is 2. The summed E-state index contributed by atoms with van der Waals surface area (Å²) in [6.45, 7) is 2.28. The topological polar surface area (TPSA) is 33.5 Å². The molecule has 3 aliphatic rings. The van der Waals surface area contributed by atoms with E-state index in [-0.39, 0.29) is 10.2 Å². The summed E-state index contributed by atoms with van der Waals surface area (Å²) in [5.41, 5.74) is 5.66. The van der Waals surface area contributed by atoms with Crippen LogP contribution in [-0.4, -0.2) is 24.6 Å². The average molecular weight is 345 g/mol. The lowest BCUT2D eigenvalue weighted by atomic mass is 9.90. The average Bonchev–Trinajstić information content (AvgIpc) is 3.10. The van der Waals surface area contributed by atoms with Gasteiger partial charge in [-0.15, -0.1) is 23.5 Å². The second-order valence-electron chi connectivity index (χ2n) is 6.54. The van der Waals surface area contributed by atoms with Gasteiger partial charge in [0, 0.05) is 41.2 Å². The van der Waals surface area contributed by atoms with E-state index >= 15 is 0 Å². The third-order valence-corrected chi connectivity index (χ3v) is 8.19. The van der Waals surface area contributed by atoms with Crippen molar-refractivity contribution >= 4 is 40.2 Å². The minimum atomic E-state index is -0.131. The molecule has 3 nitrogen and oxygen atoms in total. The maximum atomic E-state index is 12.5. The molecule has 0 unspecified atom stereocenters. The van der Waals surface area contributed by atoms with Crippen LogP contribution in [0.15, 0.2) is 21.3 Å². The Labute approximate surface area is 143 Å². The fourth-order valence-corrected chi connectivity index (χ4v) is 7.01. The van der Waals surface area contributed by atoms with Gasteiger partial charge in [-0.25, -0.2) is 4.79 Å². The fraction of sp³-hybridized carbons (Fsp3) is 0.500. The van der Waals surface area contributed by atoms with Gasteiger partial charge in [-0.1, -0.05) is 0 Å². The van der Waals surface area contributed by atoms with Gasteiger partial charge in [0.25, 0.3) is 0 Å². The molecular weight excluding hydrogens is 326 g/mol. The smallest absolute Gasteiger partial charge is 0.341 e. The second-order valence-corrected chi connectivity index (χ2v) is 9.26. The Hall–Kier alpha value is -1.07. The molecule has 0 aliphatic carbocycles. The Morgan fingerprint density at radius 1 is 1.09 bits per heavy atom. The van der Waals surface area contributed by atoms with Gasteiger partial charge >= 0.3 is 5.63 Å². The molecule has 23 heavy (non-hydrogen) atoms. The Morgan fingerprint density at radius 2 is 1.87 bits per heavy atom. The van der Waals surface area contributed by atoms with E-state index in [2.05, 4.69) is 17.0 Å². The normalized spacial score (nSPS) is 21.0. The molecule has 120 valence electrons. The molecule has 0 bridgehead atoms. The molecule has 5 rings (SSSR count). The van der Waals surface area contributed by atoms with Crippen LogP contribution in [0.4, 0.5) is 5.69 Å². The highest BCUT2D eigenvalue weighted by molar-refractivity contribution is 8.19. The maximum Gasteiger partial charge on any atom is 0.341 e. The molecule has 3 aliphatic heterocycles. The van der Waals surface area contributed by atoms with E-state index in [1.54, 1.807) is 0 Å². The van der Waals surface area contributed by atoms with Crippen molar-refractivity contribution in [3.05, 3.63) is 39.2 Å². The van der Waals surface area contributed by atoms with Crippen molar-refractivity contribution in [2.75, 3.05) is 29.5 Å². The quantitative estimate of drug-likeness (QED) is 0.731. The molecular formula is C18H19NO2S2. The molecule has 0 radical (unpaired) electrons. The third kappa shape index (κ3) is 2.23. The van der Waals surface area contributed by atoms with Crippen molar-refractivity contribution in [3.8, 4) is 0 Å². The Morgan fingerprint density at radius 3 is 2.70 bits per heavy atom. The molecule has 0 amide bonds. The van der Waals surface area contributed by atoms with E-state index in [1.807, 2.05) is 23.5 Å². The first-order chi connectivity index (χ1) is 11.3. The molecule has 2 aromatic rings. The zero-order valence-electron chi connectivity index (χ0n) is 13.0. The number of nitrogens with zero attached hydrogens (tertiary/aromatic N) is 1. The number of rotatable bonds is 1. The highest BCUT2D eigenvalue weighted by Gasteiger charge is 2.28. The lowest BCUT2D eigenvalue weighted by Crippen LogP contribution is -2.34. The minimum Gasteiger partial charge on any atom is -0.422 e. The summed E-state index contributed by atoms with van der Waals surface area (Å²) in [6, 6.07) is 4.39. The van der Waals surface area contributed by atoms with Crippen LogP contribution in [-0.2, 0) is 12.8 Å². The molecule has 0 N–H and O–H groups in total. The first-order valence-corrected chi connectivity index (χ1v) is 10.5. The molecule has 1 fully saturated rings. The van der Waals surface area contributed by atoms with E-state index in [4.69, 9.17) is 4.42 Å². The Kier molecular flexibility index (Phi) is 3.41.